The van der Waals surface area contributed by atoms with Crippen molar-refractivity contribution in [2.75, 3.05) is 30.2 Å². The zero-order chi connectivity index (χ0) is 24.9. The smallest absolute Gasteiger partial charge is 0.291 e. The fourth-order valence-corrected chi connectivity index (χ4v) is 4.67. The summed E-state index contributed by atoms with van der Waals surface area (Å²) >= 11 is 0. The number of nitrogens with zero attached hydrogens (tertiary/aromatic N) is 4. The third kappa shape index (κ3) is 6.49. The second kappa shape index (κ2) is 10.7. The van der Waals surface area contributed by atoms with E-state index in [2.05, 4.69) is 61.6 Å². The molecular weight excluding hydrogens is 446 g/mol. The number of nitriles is 1. The summed E-state index contributed by atoms with van der Waals surface area (Å²) in [6, 6.07) is 5.68. The van der Waals surface area contributed by atoms with E-state index in [0.717, 1.165) is 36.3 Å². The Balaban J connectivity index is 1.73. The number of anilines is 1. The van der Waals surface area contributed by atoms with E-state index in [-0.39, 0.29) is 29.6 Å². The van der Waals surface area contributed by atoms with Gasteiger partial charge in [0.05, 0.1) is 18.0 Å². The van der Waals surface area contributed by atoms with E-state index in [1.807, 2.05) is 18.2 Å². The average molecular weight is 484 g/mol. The lowest BCUT2D eigenvalue weighted by molar-refractivity contribution is 0.0826. The topological polar surface area (TPSA) is 92.8 Å². The fraction of sp³-hybridized carbons (Fsp3) is 0.538. The molecule has 7 nitrogen and oxygen atoms in total. The largest absolute Gasteiger partial charge is 0.360 e. The van der Waals surface area contributed by atoms with Crippen molar-refractivity contribution in [2.45, 2.75) is 58.9 Å². The van der Waals surface area contributed by atoms with Crippen molar-refractivity contribution in [1.29, 1.82) is 5.26 Å². The zero-order valence-corrected chi connectivity index (χ0v) is 22.0. The number of ether oxygens (including phenoxy) is 1. The molecule has 3 rings (SSSR count). The third-order valence-corrected chi connectivity index (χ3v) is 10.5. The lowest BCUT2D eigenvalue weighted by Crippen LogP contribution is -2.21. The second-order valence-corrected chi connectivity index (χ2v) is 15.0. The van der Waals surface area contributed by atoms with E-state index in [9.17, 15) is 10.1 Å². The number of nitrogens with one attached hydrogen (secondary N) is 1. The summed E-state index contributed by atoms with van der Waals surface area (Å²) in [5, 5.41) is 12.9. The molecule has 0 spiro atoms. The molecule has 0 saturated heterocycles. The number of aromatic nitrogens is 3. The molecule has 1 aliphatic rings. The van der Waals surface area contributed by atoms with E-state index in [4.69, 9.17) is 4.74 Å². The molecule has 0 saturated carbocycles. The van der Waals surface area contributed by atoms with Gasteiger partial charge in [0, 0.05) is 18.1 Å². The van der Waals surface area contributed by atoms with Crippen LogP contribution in [0.25, 0.3) is 5.57 Å². The molecule has 2 aromatic rings. The Hall–Kier alpha value is -2.63. The first-order valence-electron chi connectivity index (χ1n) is 11.7. The third-order valence-electron chi connectivity index (χ3n) is 6.69. The molecule has 1 aliphatic carbocycles. The van der Waals surface area contributed by atoms with Crippen molar-refractivity contribution in [1.82, 2.24) is 14.5 Å². The number of imidazole rings is 1. The average Bonchev–Trinajstić information content (AvgIpc) is 3.21. The number of rotatable bonds is 9. The molecule has 0 aromatic carbocycles. The number of carbonyl (C=O) groups is 1. The summed E-state index contributed by atoms with van der Waals surface area (Å²) in [7, 11) is -0.736. The molecule has 0 bridgehead atoms. The van der Waals surface area contributed by atoms with Crippen molar-refractivity contribution < 1.29 is 9.53 Å². The van der Waals surface area contributed by atoms with Crippen LogP contribution in [0.3, 0.4) is 0 Å². The van der Waals surface area contributed by atoms with Gasteiger partial charge in [-0.05, 0) is 60.1 Å². The molecule has 34 heavy (non-hydrogen) atoms. The molecule has 2 heterocycles. The summed E-state index contributed by atoms with van der Waals surface area (Å²) in [5.74, 6) is 0.751. The van der Waals surface area contributed by atoms with E-state index in [1.165, 1.54) is 0 Å². The summed E-state index contributed by atoms with van der Waals surface area (Å²) < 4.78 is 7.48. The van der Waals surface area contributed by atoms with Crippen molar-refractivity contribution in [2.24, 2.45) is 5.41 Å². The van der Waals surface area contributed by atoms with Gasteiger partial charge in [-0.2, -0.15) is 5.26 Å². The molecule has 184 valence electrons. The molecule has 0 fully saturated rings. The zero-order valence-electron chi connectivity index (χ0n) is 21.2. The second-order valence-electron chi connectivity index (χ2n) is 10.4. The van der Waals surface area contributed by atoms with Gasteiger partial charge in [-0.15, -0.1) is 0 Å². The molecule has 1 amide bonds. The van der Waals surface area contributed by atoms with Crippen LogP contribution in [0.4, 0.5) is 5.69 Å². The van der Waals surface area contributed by atoms with Crippen molar-refractivity contribution >= 4 is 27.2 Å². The summed E-state index contributed by atoms with van der Waals surface area (Å²) in [4.78, 5) is 22.0. The number of hydrogen-bond donors (Lipinski definition) is 1. The Kier molecular flexibility index (Phi) is 8.21. The highest BCUT2D eigenvalue weighted by Crippen LogP contribution is 2.44. The van der Waals surface area contributed by atoms with Crippen LogP contribution in [0, 0.1) is 16.7 Å². The fourth-order valence-electron chi connectivity index (χ4n) is 3.65. The Bertz CT molecular complexity index is 1090. The van der Waals surface area contributed by atoms with E-state index >= 15 is 0 Å². The number of pyridine rings is 1. The van der Waals surface area contributed by atoms with Crippen LogP contribution in [-0.4, -0.2) is 50.6 Å². The minimum Gasteiger partial charge on any atom is -0.360 e. The molecule has 0 radical (unpaired) electrons. The van der Waals surface area contributed by atoms with Gasteiger partial charge < -0.3 is 14.6 Å². The molecule has 0 unspecified atom stereocenters. The predicted molar refractivity (Wildman–Crippen MR) is 140 cm³/mol. The molecule has 0 atom stereocenters. The number of amides is 1. The van der Waals surface area contributed by atoms with Crippen molar-refractivity contribution in [3.8, 4) is 6.07 Å². The highest BCUT2D eigenvalue weighted by molar-refractivity contribution is 8.33. The quantitative estimate of drug-likeness (QED) is 0.479. The monoisotopic (exact) mass is 483 g/mol. The van der Waals surface area contributed by atoms with Crippen LogP contribution in [0.5, 0.6) is 0 Å². The first-order chi connectivity index (χ1) is 16.0. The first-order valence-corrected chi connectivity index (χ1v) is 14.4. The summed E-state index contributed by atoms with van der Waals surface area (Å²) in [5.41, 5.74) is 3.06. The standard InChI is InChI=1S/C26H37N5O2S/c1-19(2)34(5,6)15-14-33-18-31-17-21(16-27)29-24(31)25(32)30-22-8-7-13-28-23(22)20-9-11-26(3,4)12-10-20/h7-9,13,17,19H,10-12,14-15,18H2,1-6H3,(H,30,32). The van der Waals surface area contributed by atoms with Gasteiger partial charge in [0.15, 0.2) is 5.69 Å². The molecule has 8 heteroatoms. The normalized spacial score (nSPS) is 16.1. The Morgan fingerprint density at radius 2 is 2.15 bits per heavy atom. The molecule has 2 aromatic heterocycles. The number of hydrogen-bond acceptors (Lipinski definition) is 5. The maximum Gasteiger partial charge on any atom is 0.291 e. The van der Waals surface area contributed by atoms with Gasteiger partial charge in [0.2, 0.25) is 5.82 Å². The summed E-state index contributed by atoms with van der Waals surface area (Å²) in [6.45, 7) is 9.78. The van der Waals surface area contributed by atoms with Gasteiger partial charge in [0.1, 0.15) is 12.8 Å². The van der Waals surface area contributed by atoms with Crippen molar-refractivity contribution in [3.05, 3.63) is 47.8 Å². The van der Waals surface area contributed by atoms with Crippen molar-refractivity contribution in [3.63, 3.8) is 0 Å². The van der Waals surface area contributed by atoms with Crippen LogP contribution in [0.1, 0.15) is 69.0 Å². The lowest BCUT2D eigenvalue weighted by Gasteiger charge is -2.35. The minimum atomic E-state index is -0.736. The number of allylic oxidation sites excluding steroid dienone is 2. The maximum absolute atomic E-state index is 13.2. The number of carbonyl (C=O) groups excluding carboxylic acids is 1. The summed E-state index contributed by atoms with van der Waals surface area (Å²) in [6.07, 6.45) is 13.1. The molecular formula is C26H37N5O2S. The Morgan fingerprint density at radius 1 is 1.38 bits per heavy atom. The van der Waals surface area contributed by atoms with Crippen LogP contribution < -0.4 is 5.32 Å². The van der Waals surface area contributed by atoms with Gasteiger partial charge >= 0.3 is 0 Å². The highest BCUT2D eigenvalue weighted by Gasteiger charge is 2.25. The SMILES string of the molecule is CC(C)S(C)(C)CCOCn1cc(C#N)nc1C(=O)Nc1cccnc1C1=CCC(C)(C)CC1. The predicted octanol–water partition coefficient (Wildman–Crippen LogP) is 5.44. The van der Waals surface area contributed by atoms with Crippen LogP contribution in [0.2, 0.25) is 0 Å². The maximum atomic E-state index is 13.2. The van der Waals surface area contributed by atoms with Gasteiger partial charge in [-0.3, -0.25) is 9.78 Å². The lowest BCUT2D eigenvalue weighted by atomic mass is 9.77. The highest BCUT2D eigenvalue weighted by atomic mass is 32.3. The van der Waals surface area contributed by atoms with E-state index < -0.39 is 10.0 Å². The van der Waals surface area contributed by atoms with E-state index in [0.29, 0.717) is 17.5 Å². The van der Waals surface area contributed by atoms with Gasteiger partial charge in [-0.25, -0.2) is 15.0 Å². The Morgan fingerprint density at radius 3 is 2.79 bits per heavy atom. The van der Waals surface area contributed by atoms with Crippen LogP contribution in [-0.2, 0) is 11.5 Å². The van der Waals surface area contributed by atoms with Gasteiger partial charge in [-0.1, -0.05) is 33.8 Å². The van der Waals surface area contributed by atoms with Crippen LogP contribution >= 0.6 is 10.0 Å². The first kappa shape index (κ1) is 26.0. The molecule has 1 N–H and O–H groups in total. The van der Waals surface area contributed by atoms with Crippen LogP contribution in [0.15, 0.2) is 30.6 Å². The van der Waals surface area contributed by atoms with E-state index in [1.54, 1.807) is 17.0 Å². The molecule has 0 aliphatic heterocycles. The minimum absolute atomic E-state index is 0.153. The Labute approximate surface area is 204 Å². The van der Waals surface area contributed by atoms with Gasteiger partial charge in [0.25, 0.3) is 5.91 Å².